The Bertz CT molecular complexity index is 1120. The van der Waals surface area contributed by atoms with Crippen LogP contribution >= 0.6 is 0 Å². The van der Waals surface area contributed by atoms with Crippen molar-refractivity contribution in [2.24, 2.45) is 0 Å². The van der Waals surface area contributed by atoms with E-state index >= 15 is 0 Å². The first kappa shape index (κ1) is 19.5. The number of carbonyl (C=O) groups excluding carboxylic acids is 2. The number of carbonyl (C=O) groups is 2. The molecular weight excluding hydrogens is 396 g/mol. The van der Waals surface area contributed by atoms with E-state index in [0.29, 0.717) is 17.1 Å². The predicted molar refractivity (Wildman–Crippen MR) is 103 cm³/mol. The summed E-state index contributed by atoms with van der Waals surface area (Å²) in [5, 5.41) is 4.36. The average molecular weight is 413 g/mol. The van der Waals surface area contributed by atoms with Gasteiger partial charge in [-0.3, -0.25) is 9.59 Å². The molecule has 30 heavy (non-hydrogen) atoms. The van der Waals surface area contributed by atoms with E-state index in [1.54, 1.807) is 31.3 Å². The third kappa shape index (κ3) is 3.25. The first-order chi connectivity index (χ1) is 14.4. The Morgan fingerprint density at radius 2 is 1.90 bits per heavy atom. The number of ether oxygens (including phenoxy) is 1. The van der Waals surface area contributed by atoms with E-state index in [-0.39, 0.29) is 23.7 Å². The smallest absolute Gasteiger partial charge is 0.387 e. The summed E-state index contributed by atoms with van der Waals surface area (Å²) in [6.45, 7) is -1.41. The number of nitrogen functional groups attached to an aromatic ring is 1. The zero-order chi connectivity index (χ0) is 21.4. The van der Waals surface area contributed by atoms with Crippen LogP contribution < -0.4 is 15.4 Å². The Morgan fingerprint density at radius 3 is 2.60 bits per heavy atom. The molecule has 2 N–H and O–H groups in total. The van der Waals surface area contributed by atoms with E-state index in [1.165, 1.54) is 28.9 Å². The van der Waals surface area contributed by atoms with Crippen molar-refractivity contribution < 1.29 is 23.1 Å². The summed E-state index contributed by atoms with van der Waals surface area (Å²) in [6, 6.07) is 10.9. The molecule has 1 fully saturated rings. The van der Waals surface area contributed by atoms with Crippen LogP contribution in [0.4, 0.5) is 20.3 Å². The van der Waals surface area contributed by atoms with Crippen molar-refractivity contribution >= 4 is 23.3 Å². The van der Waals surface area contributed by atoms with Gasteiger partial charge in [-0.15, -0.1) is 0 Å². The molecule has 0 unspecified atom stereocenters. The highest BCUT2D eigenvalue weighted by molar-refractivity contribution is 6.23. The van der Waals surface area contributed by atoms with Gasteiger partial charge in [0.05, 0.1) is 17.3 Å². The van der Waals surface area contributed by atoms with Crippen molar-refractivity contribution in [2.75, 3.05) is 10.6 Å². The van der Waals surface area contributed by atoms with Gasteiger partial charge in [-0.05, 0) is 31.2 Å². The second-order valence-electron chi connectivity index (χ2n) is 6.65. The highest BCUT2D eigenvalue weighted by Crippen LogP contribution is 2.40. The van der Waals surface area contributed by atoms with Crippen LogP contribution in [0.15, 0.2) is 48.7 Å². The molecule has 4 rings (SSSR count). The Hall–Kier alpha value is -3.82. The van der Waals surface area contributed by atoms with Gasteiger partial charge in [0.2, 0.25) is 11.8 Å². The molecule has 0 radical (unpaired) electrons. The topological polar surface area (TPSA) is 103 Å². The molecule has 3 aromatic rings. The lowest BCUT2D eigenvalue weighted by molar-refractivity contribution is -0.121. The molecule has 1 aliphatic rings. The summed E-state index contributed by atoms with van der Waals surface area (Å²) in [7, 11) is 0. The number of hydrogen-bond acceptors (Lipinski definition) is 6. The quantitative estimate of drug-likeness (QED) is 0.645. The van der Waals surface area contributed by atoms with Gasteiger partial charge in [-0.2, -0.15) is 18.6 Å². The molecule has 0 spiro atoms. The Balaban J connectivity index is 1.72. The predicted octanol–water partition coefficient (Wildman–Crippen LogP) is 2.81. The monoisotopic (exact) mass is 413 g/mol. The van der Waals surface area contributed by atoms with Gasteiger partial charge >= 0.3 is 6.61 Å². The van der Waals surface area contributed by atoms with Crippen LogP contribution in [0.1, 0.15) is 23.6 Å². The highest BCUT2D eigenvalue weighted by atomic mass is 19.3. The lowest BCUT2D eigenvalue weighted by Gasteiger charge is -2.18. The molecule has 1 atom stereocenters. The van der Waals surface area contributed by atoms with Gasteiger partial charge in [0, 0.05) is 18.2 Å². The number of alkyl halides is 2. The minimum atomic E-state index is -3.09. The molecule has 154 valence electrons. The van der Waals surface area contributed by atoms with Crippen molar-refractivity contribution in [1.29, 1.82) is 0 Å². The van der Waals surface area contributed by atoms with E-state index in [1.807, 2.05) is 0 Å². The molecule has 1 aliphatic heterocycles. The Labute approximate surface area is 169 Å². The molecule has 0 saturated carbocycles. The number of para-hydroxylation sites is 2. The maximum atomic E-state index is 13.2. The normalized spacial score (nSPS) is 16.5. The van der Waals surface area contributed by atoms with Crippen LogP contribution in [0.25, 0.3) is 5.82 Å². The average Bonchev–Trinajstić information content (AvgIpc) is 3.17. The second kappa shape index (κ2) is 7.54. The number of aromatic nitrogens is 3. The van der Waals surface area contributed by atoms with Gasteiger partial charge in [-0.25, -0.2) is 9.88 Å². The van der Waals surface area contributed by atoms with Gasteiger partial charge in [0.15, 0.2) is 5.82 Å². The van der Waals surface area contributed by atoms with Crippen molar-refractivity contribution in [3.63, 3.8) is 0 Å². The first-order valence-electron chi connectivity index (χ1n) is 9.05. The van der Waals surface area contributed by atoms with E-state index in [9.17, 15) is 18.4 Å². The highest BCUT2D eigenvalue weighted by Gasteiger charge is 2.44. The summed E-state index contributed by atoms with van der Waals surface area (Å²) in [6.07, 6.45) is 1.41. The fourth-order valence-electron chi connectivity index (χ4n) is 3.59. The number of nitrogens with zero attached hydrogens (tertiary/aromatic N) is 4. The van der Waals surface area contributed by atoms with Gasteiger partial charge in [-0.1, -0.05) is 18.2 Å². The van der Waals surface area contributed by atoms with Crippen molar-refractivity contribution in [1.82, 2.24) is 14.8 Å². The molecule has 3 heterocycles. The number of amides is 2. The third-order valence-electron chi connectivity index (χ3n) is 4.83. The van der Waals surface area contributed by atoms with Gasteiger partial charge in [0.1, 0.15) is 11.6 Å². The fourth-order valence-corrected chi connectivity index (χ4v) is 3.59. The molecule has 2 aromatic heterocycles. The molecule has 1 saturated heterocycles. The Morgan fingerprint density at radius 1 is 1.17 bits per heavy atom. The first-order valence-corrected chi connectivity index (χ1v) is 9.05. The third-order valence-corrected chi connectivity index (χ3v) is 4.83. The minimum absolute atomic E-state index is 0.0383. The van der Waals surface area contributed by atoms with Crippen LogP contribution in [0, 0.1) is 6.92 Å². The zero-order valence-electron chi connectivity index (χ0n) is 15.8. The molecule has 8 nitrogen and oxygen atoms in total. The van der Waals surface area contributed by atoms with Crippen molar-refractivity contribution in [2.45, 2.75) is 25.9 Å². The lowest BCUT2D eigenvalue weighted by atomic mass is 9.97. The summed E-state index contributed by atoms with van der Waals surface area (Å²) in [5.74, 6) is -1.62. The van der Waals surface area contributed by atoms with Crippen LogP contribution in [0.5, 0.6) is 5.75 Å². The summed E-state index contributed by atoms with van der Waals surface area (Å²) >= 11 is 0. The van der Waals surface area contributed by atoms with Gasteiger partial charge < -0.3 is 10.5 Å². The van der Waals surface area contributed by atoms with E-state index in [4.69, 9.17) is 5.73 Å². The standard InChI is InChI=1S/C20H17F2N5O3/c1-11-17(18(23)27(25-11)15-8-4-5-9-24-15)12-10-16(28)26(19(12)29)13-6-2-3-7-14(13)30-20(21)22/h2-9,12,20H,10,23H2,1H3/t12-/m1/s1. The maximum absolute atomic E-state index is 13.2. The van der Waals surface area contributed by atoms with Crippen LogP contribution in [0.2, 0.25) is 0 Å². The number of imide groups is 1. The second-order valence-corrected chi connectivity index (χ2v) is 6.65. The summed E-state index contributed by atoms with van der Waals surface area (Å²) in [4.78, 5) is 30.9. The molecular formula is C20H17F2N5O3. The number of pyridine rings is 1. The number of hydrogen-bond donors (Lipinski definition) is 1. The molecule has 1 aromatic carbocycles. The summed E-state index contributed by atoms with van der Waals surface area (Å²) in [5.41, 5.74) is 7.11. The van der Waals surface area contributed by atoms with E-state index in [2.05, 4.69) is 14.8 Å². The van der Waals surface area contributed by atoms with Crippen molar-refractivity contribution in [3.05, 3.63) is 59.9 Å². The lowest BCUT2D eigenvalue weighted by Crippen LogP contribution is -2.30. The molecule has 0 aliphatic carbocycles. The number of anilines is 2. The molecule has 10 heteroatoms. The van der Waals surface area contributed by atoms with Crippen LogP contribution in [-0.4, -0.2) is 33.2 Å². The van der Waals surface area contributed by atoms with Crippen LogP contribution in [-0.2, 0) is 9.59 Å². The van der Waals surface area contributed by atoms with Crippen LogP contribution in [0.3, 0.4) is 0 Å². The van der Waals surface area contributed by atoms with E-state index in [0.717, 1.165) is 4.90 Å². The SMILES string of the molecule is Cc1nn(-c2ccccn2)c(N)c1[C@H]1CC(=O)N(c2ccccc2OC(F)F)C1=O. The molecule has 0 bridgehead atoms. The fraction of sp³-hybridized carbons (Fsp3) is 0.200. The molecule has 2 amide bonds. The number of nitrogens with two attached hydrogens (primary N) is 1. The Kier molecular flexibility index (Phi) is 4.90. The summed E-state index contributed by atoms with van der Waals surface area (Å²) < 4.78 is 31.4. The largest absolute Gasteiger partial charge is 0.433 e. The number of halogens is 2. The van der Waals surface area contributed by atoms with Gasteiger partial charge in [0.25, 0.3) is 0 Å². The van der Waals surface area contributed by atoms with E-state index < -0.39 is 24.3 Å². The minimum Gasteiger partial charge on any atom is -0.433 e. The number of benzene rings is 1. The maximum Gasteiger partial charge on any atom is 0.387 e. The zero-order valence-corrected chi connectivity index (χ0v) is 15.8. The number of rotatable bonds is 5. The van der Waals surface area contributed by atoms with Crippen molar-refractivity contribution in [3.8, 4) is 11.6 Å². The number of aryl methyl sites for hydroxylation is 1.